The van der Waals surface area contributed by atoms with Gasteiger partial charge in [0.2, 0.25) is 0 Å². The van der Waals surface area contributed by atoms with E-state index < -0.39 is 0 Å². The van der Waals surface area contributed by atoms with Crippen molar-refractivity contribution in [1.29, 1.82) is 0 Å². The van der Waals surface area contributed by atoms with Crippen molar-refractivity contribution in [3.8, 4) is 0 Å². The maximum absolute atomic E-state index is 12.6. The maximum Gasteiger partial charge on any atom is 0.266 e. The van der Waals surface area contributed by atoms with E-state index in [1.807, 2.05) is 24.3 Å². The summed E-state index contributed by atoms with van der Waals surface area (Å²) in [5.41, 5.74) is 3.69. The molecule has 0 saturated carbocycles. The van der Waals surface area contributed by atoms with Crippen molar-refractivity contribution in [3.63, 3.8) is 0 Å². The Morgan fingerprint density at radius 2 is 1.60 bits per heavy atom. The Morgan fingerprint density at radius 1 is 0.920 bits per heavy atom. The van der Waals surface area contributed by atoms with E-state index in [-0.39, 0.29) is 11.8 Å². The summed E-state index contributed by atoms with van der Waals surface area (Å²) in [6.45, 7) is 1.72. The summed E-state index contributed by atoms with van der Waals surface area (Å²) in [6, 6.07) is 14.5. The van der Waals surface area contributed by atoms with Gasteiger partial charge in [0.05, 0.1) is 29.1 Å². The lowest BCUT2D eigenvalue weighted by atomic mass is 10.1. The second kappa shape index (κ2) is 5.32. The highest BCUT2D eigenvalue weighted by Gasteiger charge is 2.36. The van der Waals surface area contributed by atoms with E-state index in [4.69, 9.17) is 0 Å². The molecule has 3 aliphatic rings. The number of amidine groups is 1. The van der Waals surface area contributed by atoms with Crippen LogP contribution >= 0.6 is 11.8 Å². The van der Waals surface area contributed by atoms with Crippen molar-refractivity contribution in [3.05, 3.63) is 70.6 Å². The van der Waals surface area contributed by atoms with Crippen LogP contribution in [0.25, 0.3) is 5.70 Å². The van der Waals surface area contributed by atoms with Crippen molar-refractivity contribution < 1.29 is 9.59 Å². The number of aliphatic imine (C=N–C) groups is 1. The second-order valence-corrected chi connectivity index (χ2v) is 6.81. The van der Waals surface area contributed by atoms with E-state index in [0.29, 0.717) is 16.8 Å². The first-order valence-electron chi connectivity index (χ1n) is 8.01. The first-order valence-corrected chi connectivity index (χ1v) is 8.89. The predicted octanol–water partition coefficient (Wildman–Crippen LogP) is 3.20. The quantitative estimate of drug-likeness (QED) is 0.783. The number of fused-ring (bicyclic) bond motifs is 2. The van der Waals surface area contributed by atoms with E-state index >= 15 is 0 Å². The summed E-state index contributed by atoms with van der Waals surface area (Å²) in [6.07, 6.45) is 0. The fraction of sp³-hybridized carbons (Fsp3) is 0.105. The molecule has 122 valence electrons. The molecule has 6 heteroatoms. The molecule has 5 nitrogen and oxygen atoms in total. The molecule has 0 radical (unpaired) electrons. The summed E-state index contributed by atoms with van der Waals surface area (Å²) in [7, 11) is 0. The summed E-state index contributed by atoms with van der Waals surface area (Å²) in [4.78, 5) is 33.0. The molecule has 3 aliphatic heterocycles. The molecule has 0 saturated heterocycles. The van der Waals surface area contributed by atoms with Gasteiger partial charge < -0.3 is 4.90 Å². The molecular formula is C19H13N3O2S. The summed E-state index contributed by atoms with van der Waals surface area (Å²) in [5, 5.41) is 3.13. The number of rotatable bonds is 2. The van der Waals surface area contributed by atoms with Gasteiger partial charge in [-0.2, -0.15) is 0 Å². The van der Waals surface area contributed by atoms with Crippen LogP contribution in [-0.2, 0) is 0 Å². The van der Waals surface area contributed by atoms with Gasteiger partial charge in [0.15, 0.2) is 5.17 Å². The van der Waals surface area contributed by atoms with Gasteiger partial charge in [-0.1, -0.05) is 36.0 Å². The van der Waals surface area contributed by atoms with Crippen LogP contribution in [0.3, 0.4) is 0 Å². The standard InChI is InChI=1S/C19H13N3O2S/c23-17-14-3-1-2-4-15(14)18(24)22(17)13-7-5-12(6-8-13)16-11-25-19-20-9-10-21(16)19/h1-8,11H,9-10H2. The molecule has 25 heavy (non-hydrogen) atoms. The lowest BCUT2D eigenvalue weighted by Crippen LogP contribution is -2.29. The van der Waals surface area contributed by atoms with E-state index in [1.165, 1.54) is 4.90 Å². The molecule has 0 N–H and O–H groups in total. The van der Waals surface area contributed by atoms with Gasteiger partial charge in [0, 0.05) is 12.0 Å². The molecule has 0 bridgehead atoms. The molecule has 2 aromatic rings. The van der Waals surface area contributed by atoms with Gasteiger partial charge >= 0.3 is 0 Å². The number of anilines is 1. The number of imide groups is 1. The molecule has 0 aromatic heterocycles. The predicted molar refractivity (Wildman–Crippen MR) is 98.6 cm³/mol. The Balaban J connectivity index is 1.46. The van der Waals surface area contributed by atoms with E-state index in [0.717, 1.165) is 29.5 Å². The number of benzene rings is 2. The number of hydrogen-bond donors (Lipinski definition) is 0. The third-order valence-corrected chi connectivity index (χ3v) is 5.49. The largest absolute Gasteiger partial charge is 0.318 e. The molecule has 0 unspecified atom stereocenters. The van der Waals surface area contributed by atoms with Crippen LogP contribution in [0.15, 0.2) is 58.9 Å². The van der Waals surface area contributed by atoms with Crippen LogP contribution in [0.5, 0.6) is 0 Å². The fourth-order valence-electron chi connectivity index (χ4n) is 3.35. The Kier molecular flexibility index (Phi) is 3.08. The zero-order valence-electron chi connectivity index (χ0n) is 13.2. The van der Waals surface area contributed by atoms with Gasteiger partial charge in [-0.05, 0) is 29.8 Å². The van der Waals surface area contributed by atoms with Crippen molar-refractivity contribution in [2.45, 2.75) is 0 Å². The van der Waals surface area contributed by atoms with Crippen LogP contribution < -0.4 is 4.90 Å². The first-order chi connectivity index (χ1) is 12.2. The van der Waals surface area contributed by atoms with Crippen LogP contribution in [0.4, 0.5) is 5.69 Å². The normalized spacial score (nSPS) is 18.4. The Bertz CT molecular complexity index is 943. The molecule has 5 rings (SSSR count). The van der Waals surface area contributed by atoms with Crippen LogP contribution in [0.2, 0.25) is 0 Å². The second-order valence-electron chi connectivity index (χ2n) is 5.98. The molecule has 2 aromatic carbocycles. The van der Waals surface area contributed by atoms with E-state index in [9.17, 15) is 9.59 Å². The van der Waals surface area contributed by atoms with Crippen LogP contribution in [0.1, 0.15) is 26.3 Å². The van der Waals surface area contributed by atoms with Gasteiger partial charge in [-0.3, -0.25) is 14.6 Å². The highest BCUT2D eigenvalue weighted by Crippen LogP contribution is 2.36. The Hall–Kier alpha value is -2.86. The number of amides is 2. The van der Waals surface area contributed by atoms with Crippen molar-refractivity contribution >= 4 is 40.1 Å². The topological polar surface area (TPSA) is 53.0 Å². The molecule has 3 heterocycles. The summed E-state index contributed by atoms with van der Waals surface area (Å²) in [5.74, 6) is -0.532. The van der Waals surface area contributed by atoms with Crippen LogP contribution in [-0.4, -0.2) is 35.0 Å². The minimum atomic E-state index is -0.266. The smallest absolute Gasteiger partial charge is 0.266 e. The third-order valence-electron chi connectivity index (χ3n) is 4.58. The zero-order valence-corrected chi connectivity index (χ0v) is 14.0. The number of thioether (sulfide) groups is 1. The molecular weight excluding hydrogens is 334 g/mol. The monoisotopic (exact) mass is 347 g/mol. The lowest BCUT2D eigenvalue weighted by molar-refractivity contribution is 0.0926. The summed E-state index contributed by atoms with van der Waals surface area (Å²) >= 11 is 1.63. The number of nitrogens with zero attached hydrogens (tertiary/aromatic N) is 3. The minimum absolute atomic E-state index is 0.266. The van der Waals surface area contributed by atoms with Gasteiger partial charge in [0.1, 0.15) is 0 Å². The van der Waals surface area contributed by atoms with E-state index in [1.54, 1.807) is 36.0 Å². The fourth-order valence-corrected chi connectivity index (χ4v) is 4.32. The molecule has 0 fully saturated rings. The Morgan fingerprint density at radius 3 is 2.28 bits per heavy atom. The third kappa shape index (κ3) is 2.07. The van der Waals surface area contributed by atoms with Gasteiger partial charge in [-0.25, -0.2) is 4.90 Å². The summed E-state index contributed by atoms with van der Waals surface area (Å²) < 4.78 is 0. The van der Waals surface area contributed by atoms with Crippen molar-refractivity contribution in [2.75, 3.05) is 18.0 Å². The first kappa shape index (κ1) is 14.5. The Labute approximate surface area is 148 Å². The van der Waals surface area contributed by atoms with E-state index in [2.05, 4.69) is 15.3 Å². The van der Waals surface area contributed by atoms with Crippen LogP contribution in [0, 0.1) is 0 Å². The molecule has 2 amide bonds. The average molecular weight is 347 g/mol. The number of carbonyl (C=O) groups excluding carboxylic acids is 2. The molecule has 0 aliphatic carbocycles. The zero-order chi connectivity index (χ0) is 17.0. The number of hydrogen-bond acceptors (Lipinski definition) is 5. The van der Waals surface area contributed by atoms with Crippen molar-refractivity contribution in [1.82, 2.24) is 4.90 Å². The lowest BCUT2D eigenvalue weighted by Gasteiger charge is -2.18. The number of carbonyl (C=O) groups is 2. The average Bonchev–Trinajstić information content (AvgIpc) is 3.31. The maximum atomic E-state index is 12.6. The SMILES string of the molecule is O=C1c2ccccc2C(=O)N1c1ccc(C2=CSC3=NCCN23)cc1. The highest BCUT2D eigenvalue weighted by molar-refractivity contribution is 8.16. The highest BCUT2D eigenvalue weighted by atomic mass is 32.2. The molecule has 0 atom stereocenters. The van der Waals surface area contributed by atoms with Gasteiger partial charge in [-0.15, -0.1) is 0 Å². The van der Waals surface area contributed by atoms with Gasteiger partial charge in [0.25, 0.3) is 11.8 Å². The minimum Gasteiger partial charge on any atom is -0.318 e. The van der Waals surface area contributed by atoms with Crippen molar-refractivity contribution in [2.24, 2.45) is 4.99 Å². The molecule has 0 spiro atoms.